The Labute approximate surface area is 161 Å². The van der Waals surface area contributed by atoms with E-state index in [0.717, 1.165) is 21.3 Å². The highest BCUT2D eigenvalue weighted by atomic mass is 79.9. The number of nitrogens with one attached hydrogen (secondary N) is 2. The van der Waals surface area contributed by atoms with Crippen LogP contribution in [-0.2, 0) is 4.79 Å². The number of primary amides is 1. The summed E-state index contributed by atoms with van der Waals surface area (Å²) in [6, 6.07) is 13.9. The Morgan fingerprint density at radius 1 is 1.19 bits per heavy atom. The number of nitrogens with two attached hydrogens (primary N) is 1. The van der Waals surface area contributed by atoms with Gasteiger partial charge in [0, 0.05) is 4.47 Å². The maximum Gasteiger partial charge on any atom is 0.312 e. The lowest BCUT2D eigenvalue weighted by Gasteiger charge is -2.18. The summed E-state index contributed by atoms with van der Waals surface area (Å²) in [5.41, 5.74) is 7.18. The molecule has 2 rings (SSSR count). The predicted octanol–water partition coefficient (Wildman–Crippen LogP) is 3.05. The number of urea groups is 1. The number of benzene rings is 2. The van der Waals surface area contributed by atoms with Crippen LogP contribution < -0.4 is 21.1 Å². The van der Waals surface area contributed by atoms with E-state index in [-0.39, 0.29) is 12.3 Å². The number of carbonyl (C=O) groups excluding carboxylic acids is 2. The summed E-state index contributed by atoms with van der Waals surface area (Å²) >= 11 is 3.38. The molecule has 0 bridgehead atoms. The lowest BCUT2D eigenvalue weighted by molar-refractivity contribution is -0.121. The summed E-state index contributed by atoms with van der Waals surface area (Å²) < 4.78 is 6.43. The molecule has 0 saturated carbocycles. The molecule has 0 aliphatic carbocycles. The second-order valence-corrected chi connectivity index (χ2v) is 6.75. The average molecular weight is 420 g/mol. The van der Waals surface area contributed by atoms with Crippen molar-refractivity contribution < 1.29 is 14.3 Å². The third-order valence-corrected chi connectivity index (χ3v) is 4.16. The molecular weight excluding hydrogens is 398 g/mol. The van der Waals surface area contributed by atoms with Gasteiger partial charge in [-0.25, -0.2) is 4.79 Å². The Hall–Kier alpha value is -2.54. The molecule has 4 N–H and O–H groups in total. The minimum Gasteiger partial charge on any atom is -0.492 e. The molecule has 7 heteroatoms. The monoisotopic (exact) mass is 419 g/mol. The van der Waals surface area contributed by atoms with Crippen LogP contribution in [0.25, 0.3) is 0 Å². The fourth-order valence-electron chi connectivity index (χ4n) is 2.40. The lowest BCUT2D eigenvalue weighted by atomic mass is 10.0. The Morgan fingerprint density at radius 3 is 2.58 bits per heavy atom. The van der Waals surface area contributed by atoms with E-state index in [1.807, 2.05) is 55.5 Å². The number of halogens is 1. The Morgan fingerprint density at radius 2 is 1.92 bits per heavy atom. The van der Waals surface area contributed by atoms with Crippen LogP contribution >= 0.6 is 15.9 Å². The molecule has 0 aliphatic rings. The molecule has 2 aromatic rings. The first kappa shape index (κ1) is 19.8. The summed E-state index contributed by atoms with van der Waals surface area (Å²) in [6.45, 7) is 2.74. The maximum absolute atomic E-state index is 12.2. The Balaban J connectivity index is 1.82. The fourth-order valence-corrected chi connectivity index (χ4v) is 2.82. The van der Waals surface area contributed by atoms with Crippen molar-refractivity contribution in [1.82, 2.24) is 10.6 Å². The van der Waals surface area contributed by atoms with Crippen molar-refractivity contribution in [3.8, 4) is 5.75 Å². The van der Waals surface area contributed by atoms with E-state index in [4.69, 9.17) is 10.5 Å². The highest BCUT2D eigenvalue weighted by Crippen LogP contribution is 2.20. The van der Waals surface area contributed by atoms with Gasteiger partial charge in [-0.2, -0.15) is 0 Å². The lowest BCUT2D eigenvalue weighted by Crippen LogP contribution is -2.37. The van der Waals surface area contributed by atoms with Crippen molar-refractivity contribution in [2.24, 2.45) is 5.73 Å². The van der Waals surface area contributed by atoms with Gasteiger partial charge in [0.1, 0.15) is 12.4 Å². The molecule has 0 heterocycles. The van der Waals surface area contributed by atoms with Gasteiger partial charge in [-0.1, -0.05) is 45.8 Å². The second kappa shape index (κ2) is 9.82. The zero-order valence-corrected chi connectivity index (χ0v) is 16.1. The molecule has 0 fully saturated rings. The van der Waals surface area contributed by atoms with Crippen LogP contribution in [0.5, 0.6) is 5.75 Å². The summed E-state index contributed by atoms with van der Waals surface area (Å²) in [7, 11) is 0. The van der Waals surface area contributed by atoms with Gasteiger partial charge in [0.05, 0.1) is 19.0 Å². The highest BCUT2D eigenvalue weighted by Gasteiger charge is 2.17. The number of carbonyl (C=O) groups is 2. The SMILES string of the molecule is Cc1ccc(OCCNC(=O)CC(NC(N)=O)c2cccc(Br)c2)cc1. The average Bonchev–Trinajstić information content (AvgIpc) is 2.59. The van der Waals surface area contributed by atoms with Crippen molar-refractivity contribution >= 4 is 27.9 Å². The first-order valence-corrected chi connectivity index (χ1v) is 9.01. The number of hydrogen-bond donors (Lipinski definition) is 3. The van der Waals surface area contributed by atoms with E-state index >= 15 is 0 Å². The first-order valence-electron chi connectivity index (χ1n) is 8.21. The quantitative estimate of drug-likeness (QED) is 0.573. The van der Waals surface area contributed by atoms with Gasteiger partial charge >= 0.3 is 6.03 Å². The minimum absolute atomic E-state index is 0.0872. The van der Waals surface area contributed by atoms with E-state index in [0.29, 0.717) is 13.2 Å². The van der Waals surface area contributed by atoms with Crippen LogP contribution in [0.3, 0.4) is 0 Å². The topological polar surface area (TPSA) is 93.4 Å². The normalized spacial score (nSPS) is 11.5. The Bertz CT molecular complexity index is 750. The second-order valence-electron chi connectivity index (χ2n) is 5.83. The van der Waals surface area contributed by atoms with Crippen molar-refractivity contribution in [3.05, 3.63) is 64.1 Å². The number of amides is 3. The molecule has 3 amide bonds. The van der Waals surface area contributed by atoms with E-state index in [1.54, 1.807) is 0 Å². The van der Waals surface area contributed by atoms with E-state index in [2.05, 4.69) is 26.6 Å². The number of ether oxygens (including phenoxy) is 1. The van der Waals surface area contributed by atoms with Crippen LogP contribution in [0, 0.1) is 6.92 Å². The highest BCUT2D eigenvalue weighted by molar-refractivity contribution is 9.10. The molecule has 2 aromatic carbocycles. The summed E-state index contributed by atoms with van der Waals surface area (Å²) in [6.07, 6.45) is 0.0872. The molecule has 1 unspecified atom stereocenters. The zero-order chi connectivity index (χ0) is 18.9. The molecule has 1 atom stereocenters. The summed E-state index contributed by atoms with van der Waals surface area (Å²) in [5, 5.41) is 5.39. The van der Waals surface area contributed by atoms with Gasteiger partial charge < -0.3 is 21.1 Å². The standard InChI is InChI=1S/C19H22BrN3O3/c1-13-5-7-16(8-6-13)26-10-9-22-18(24)12-17(23-19(21)25)14-3-2-4-15(20)11-14/h2-8,11,17H,9-10,12H2,1H3,(H,22,24)(H3,21,23,25). The molecule has 138 valence electrons. The third kappa shape index (κ3) is 6.76. The summed E-state index contributed by atoms with van der Waals surface area (Å²) in [5.74, 6) is 0.559. The van der Waals surface area contributed by atoms with Crippen LogP contribution in [0.1, 0.15) is 23.6 Å². The van der Waals surface area contributed by atoms with E-state index in [1.165, 1.54) is 0 Å². The van der Waals surface area contributed by atoms with Gasteiger partial charge in [-0.05, 0) is 36.8 Å². The molecule has 0 aromatic heterocycles. The molecule has 26 heavy (non-hydrogen) atoms. The summed E-state index contributed by atoms with van der Waals surface area (Å²) in [4.78, 5) is 23.4. The van der Waals surface area contributed by atoms with Crippen molar-refractivity contribution in [2.45, 2.75) is 19.4 Å². The molecule has 6 nitrogen and oxygen atoms in total. The zero-order valence-electron chi connectivity index (χ0n) is 14.5. The third-order valence-electron chi connectivity index (χ3n) is 3.67. The fraction of sp³-hybridized carbons (Fsp3) is 0.263. The van der Waals surface area contributed by atoms with Crippen molar-refractivity contribution in [2.75, 3.05) is 13.2 Å². The number of hydrogen-bond acceptors (Lipinski definition) is 3. The smallest absolute Gasteiger partial charge is 0.312 e. The first-order chi connectivity index (χ1) is 12.4. The van der Waals surface area contributed by atoms with Gasteiger partial charge in [0.15, 0.2) is 0 Å². The van der Waals surface area contributed by atoms with Crippen LogP contribution in [0.2, 0.25) is 0 Å². The molecule has 0 saturated heterocycles. The van der Waals surface area contributed by atoms with Gasteiger partial charge in [-0.3, -0.25) is 4.79 Å². The van der Waals surface area contributed by atoms with Crippen molar-refractivity contribution in [3.63, 3.8) is 0 Å². The van der Waals surface area contributed by atoms with E-state index in [9.17, 15) is 9.59 Å². The van der Waals surface area contributed by atoms with Gasteiger partial charge in [0.25, 0.3) is 0 Å². The minimum atomic E-state index is -0.675. The Kier molecular flexibility index (Phi) is 7.47. The van der Waals surface area contributed by atoms with E-state index < -0.39 is 12.1 Å². The van der Waals surface area contributed by atoms with Crippen molar-refractivity contribution in [1.29, 1.82) is 0 Å². The van der Waals surface area contributed by atoms with Gasteiger partial charge in [0.2, 0.25) is 5.91 Å². The molecule has 0 radical (unpaired) electrons. The molecular formula is C19H22BrN3O3. The van der Waals surface area contributed by atoms with Crippen LogP contribution in [0.15, 0.2) is 53.0 Å². The maximum atomic E-state index is 12.2. The largest absolute Gasteiger partial charge is 0.492 e. The molecule has 0 spiro atoms. The number of rotatable bonds is 8. The molecule has 0 aliphatic heterocycles. The number of aryl methyl sites for hydroxylation is 1. The van der Waals surface area contributed by atoms with Gasteiger partial charge in [-0.15, -0.1) is 0 Å². The van der Waals surface area contributed by atoms with Crippen LogP contribution in [-0.4, -0.2) is 25.1 Å². The predicted molar refractivity (Wildman–Crippen MR) is 104 cm³/mol. The van der Waals surface area contributed by atoms with Crippen LogP contribution in [0.4, 0.5) is 4.79 Å².